The van der Waals surface area contributed by atoms with Crippen LogP contribution >= 0.6 is 0 Å². The van der Waals surface area contributed by atoms with Crippen LogP contribution in [0.15, 0.2) is 29.4 Å². The van der Waals surface area contributed by atoms with Crippen LogP contribution in [0.2, 0.25) is 0 Å². The fourth-order valence-electron chi connectivity index (χ4n) is 4.18. The van der Waals surface area contributed by atoms with Gasteiger partial charge in [-0.05, 0) is 84.5 Å². The molecule has 0 aliphatic carbocycles. The molecule has 52 heavy (non-hydrogen) atoms. The first-order valence-electron chi connectivity index (χ1n) is 17.3. The van der Waals surface area contributed by atoms with Crippen molar-refractivity contribution in [1.82, 2.24) is 26.6 Å². The number of carbonyl (C=O) groups excluding carboxylic acids is 5. The topological polar surface area (TPSA) is 231 Å². The van der Waals surface area contributed by atoms with Gasteiger partial charge in [-0.1, -0.05) is 32.0 Å². The Morgan fingerprint density at radius 2 is 1.58 bits per heavy atom. The lowest BCUT2D eigenvalue weighted by molar-refractivity contribution is -0.129. The number of unbranched alkanes of at least 4 members (excludes halogenated alkanes) is 1. The molecule has 0 spiro atoms. The Morgan fingerprint density at radius 1 is 0.885 bits per heavy atom. The predicted octanol–water partition coefficient (Wildman–Crippen LogP) is 3.72. The van der Waals surface area contributed by atoms with Gasteiger partial charge in [0.05, 0.1) is 13.2 Å². The number of azide groups is 1. The molecule has 0 aliphatic heterocycles. The van der Waals surface area contributed by atoms with Crippen molar-refractivity contribution in [2.24, 2.45) is 10.5 Å². The molecule has 0 fully saturated rings. The van der Waals surface area contributed by atoms with E-state index in [4.69, 9.17) is 24.5 Å². The molecule has 5 amide bonds. The lowest BCUT2D eigenvalue weighted by atomic mass is 9.95. The molecule has 0 saturated carbocycles. The molecule has 17 nitrogen and oxygen atoms in total. The number of nitrogens with one attached hydrogen (secondary N) is 5. The van der Waals surface area contributed by atoms with E-state index in [9.17, 15) is 24.0 Å². The standard InChI is InChI=1S/C35H58N8O9/c1-33(2,3)31(47)39-16-11-10-15-26(40-32(48)52-35(7,8)9)30(46)38-18-17-37-29(45)24-13-12-14-25(21-24)51-23-28(42-43-36)50-20-19-49-22-27(44)41-34(4,5)6/h12-14,21,26,28H,10-11,15-20,22-23H2,1-9H3,(H,37,45)(H,38,46)(H,39,47)(H,40,48)(H,41,44). The summed E-state index contributed by atoms with van der Waals surface area (Å²) in [6.45, 7) is 16.7. The molecule has 1 rings (SSSR count). The van der Waals surface area contributed by atoms with E-state index < -0.39 is 41.2 Å². The van der Waals surface area contributed by atoms with Crippen molar-refractivity contribution in [2.45, 2.75) is 105 Å². The number of hydrogen-bond acceptors (Lipinski definition) is 10. The fraction of sp³-hybridized carbons (Fsp3) is 0.686. The second-order valence-electron chi connectivity index (χ2n) is 15.0. The normalized spacial score (nSPS) is 12.7. The smallest absolute Gasteiger partial charge is 0.408 e. The summed E-state index contributed by atoms with van der Waals surface area (Å²) < 4.78 is 21.8. The van der Waals surface area contributed by atoms with E-state index in [1.165, 1.54) is 6.07 Å². The van der Waals surface area contributed by atoms with Crippen molar-refractivity contribution < 1.29 is 42.9 Å². The molecule has 5 N–H and O–H groups in total. The summed E-state index contributed by atoms with van der Waals surface area (Å²) in [7, 11) is 0. The molecule has 292 valence electrons. The highest BCUT2D eigenvalue weighted by Crippen LogP contribution is 2.15. The summed E-state index contributed by atoms with van der Waals surface area (Å²) in [6, 6.07) is 5.44. The van der Waals surface area contributed by atoms with Crippen LogP contribution in [0.3, 0.4) is 0 Å². The average molecular weight is 735 g/mol. The Bertz CT molecular complexity index is 1360. The Morgan fingerprint density at radius 3 is 2.21 bits per heavy atom. The van der Waals surface area contributed by atoms with Gasteiger partial charge in [0.25, 0.3) is 5.91 Å². The van der Waals surface area contributed by atoms with Gasteiger partial charge in [-0.3, -0.25) is 19.2 Å². The van der Waals surface area contributed by atoms with Crippen molar-refractivity contribution in [3.63, 3.8) is 0 Å². The fourth-order valence-corrected chi connectivity index (χ4v) is 4.18. The SMILES string of the molecule is CC(C)(C)NC(=O)COCCOC(COc1cccc(C(=O)NCCNC(=O)C(CCCCNC(=O)C(C)(C)C)NC(=O)OC(C)(C)C)c1)N=[N+]=[N-]. The summed E-state index contributed by atoms with van der Waals surface area (Å²) in [5.41, 5.74) is 7.55. The lowest BCUT2D eigenvalue weighted by Gasteiger charge is -2.23. The maximum Gasteiger partial charge on any atom is 0.408 e. The highest BCUT2D eigenvalue weighted by Gasteiger charge is 2.25. The van der Waals surface area contributed by atoms with Crippen LogP contribution in [0, 0.1) is 5.41 Å². The third-order valence-electron chi connectivity index (χ3n) is 6.56. The highest BCUT2D eigenvalue weighted by molar-refractivity contribution is 5.94. The van der Waals surface area contributed by atoms with Gasteiger partial charge in [0.2, 0.25) is 17.7 Å². The molecule has 0 aliphatic rings. The zero-order chi connectivity index (χ0) is 39.4. The number of alkyl carbamates (subject to hydrolysis) is 1. The minimum absolute atomic E-state index is 0.0456. The number of benzene rings is 1. The molecule has 1 aromatic rings. The van der Waals surface area contributed by atoms with Crippen molar-refractivity contribution >= 4 is 29.7 Å². The van der Waals surface area contributed by atoms with Gasteiger partial charge >= 0.3 is 6.09 Å². The van der Waals surface area contributed by atoms with E-state index in [1.807, 2.05) is 41.5 Å². The zero-order valence-corrected chi connectivity index (χ0v) is 32.1. The van der Waals surface area contributed by atoms with Crippen molar-refractivity contribution in [2.75, 3.05) is 46.1 Å². The lowest BCUT2D eigenvalue weighted by Crippen LogP contribution is -2.49. The number of carbonyl (C=O) groups is 5. The van der Waals surface area contributed by atoms with E-state index in [2.05, 4.69) is 36.6 Å². The number of hydrogen-bond donors (Lipinski definition) is 5. The van der Waals surface area contributed by atoms with Crippen molar-refractivity contribution in [3.05, 3.63) is 40.3 Å². The summed E-state index contributed by atoms with van der Waals surface area (Å²) in [6.07, 6.45) is -0.247. The summed E-state index contributed by atoms with van der Waals surface area (Å²) in [5, 5.41) is 17.3. The maximum absolute atomic E-state index is 13.0. The average Bonchev–Trinajstić information content (AvgIpc) is 3.02. The quantitative estimate of drug-likeness (QED) is 0.0535. The van der Waals surface area contributed by atoms with E-state index in [1.54, 1.807) is 39.0 Å². The summed E-state index contributed by atoms with van der Waals surface area (Å²) >= 11 is 0. The molecule has 0 bridgehead atoms. The first kappa shape index (κ1) is 45.4. The van der Waals surface area contributed by atoms with Crippen LogP contribution < -0.4 is 31.3 Å². The number of amides is 5. The van der Waals surface area contributed by atoms with Crippen LogP contribution in [0.5, 0.6) is 5.75 Å². The van der Waals surface area contributed by atoms with Gasteiger partial charge in [0.1, 0.15) is 30.6 Å². The molecule has 1 aromatic carbocycles. The highest BCUT2D eigenvalue weighted by atomic mass is 16.6. The third-order valence-corrected chi connectivity index (χ3v) is 6.56. The van der Waals surface area contributed by atoms with Crippen LogP contribution in [0.4, 0.5) is 4.79 Å². The third kappa shape index (κ3) is 21.6. The van der Waals surface area contributed by atoms with Crippen LogP contribution in [-0.2, 0) is 28.6 Å². The van der Waals surface area contributed by atoms with Gasteiger partial charge in [-0.15, -0.1) is 0 Å². The molecule has 2 atom stereocenters. The molecule has 2 unspecified atom stereocenters. The van der Waals surface area contributed by atoms with Crippen molar-refractivity contribution in [1.29, 1.82) is 0 Å². The van der Waals surface area contributed by atoms with E-state index in [-0.39, 0.29) is 62.4 Å². The molecule has 0 heterocycles. The monoisotopic (exact) mass is 734 g/mol. The van der Waals surface area contributed by atoms with Crippen molar-refractivity contribution in [3.8, 4) is 5.75 Å². The summed E-state index contributed by atoms with van der Waals surface area (Å²) in [5.74, 6) is -0.871. The van der Waals surface area contributed by atoms with Crippen LogP contribution in [0.1, 0.15) is 91.9 Å². The Hall–Kier alpha value is -4.60. The number of ether oxygens (including phenoxy) is 4. The number of rotatable bonds is 21. The van der Waals surface area contributed by atoms with Gasteiger partial charge in [-0.2, -0.15) is 0 Å². The second kappa shape index (κ2) is 22.4. The maximum atomic E-state index is 13.0. The molecular formula is C35H58N8O9. The van der Waals surface area contributed by atoms with Gasteiger partial charge in [-0.25, -0.2) is 4.79 Å². The molecule has 0 aromatic heterocycles. The Balaban J connectivity index is 2.59. The van der Waals surface area contributed by atoms with Gasteiger partial charge in [0, 0.05) is 41.1 Å². The predicted molar refractivity (Wildman–Crippen MR) is 194 cm³/mol. The molecule has 0 radical (unpaired) electrons. The minimum Gasteiger partial charge on any atom is -0.491 e. The van der Waals surface area contributed by atoms with Gasteiger partial charge in [0.15, 0.2) is 6.23 Å². The largest absolute Gasteiger partial charge is 0.491 e. The van der Waals surface area contributed by atoms with E-state index in [0.29, 0.717) is 31.6 Å². The molecule has 17 heteroatoms. The van der Waals surface area contributed by atoms with E-state index >= 15 is 0 Å². The van der Waals surface area contributed by atoms with Gasteiger partial charge < -0.3 is 45.5 Å². The number of nitrogens with zero attached hydrogens (tertiary/aromatic N) is 3. The zero-order valence-electron chi connectivity index (χ0n) is 32.1. The summed E-state index contributed by atoms with van der Waals surface area (Å²) in [4.78, 5) is 65.0. The Labute approximate surface area is 306 Å². The Kier molecular flexibility index (Phi) is 19.5. The first-order chi connectivity index (χ1) is 24.2. The van der Waals surface area contributed by atoms with E-state index in [0.717, 1.165) is 0 Å². The van der Waals surface area contributed by atoms with Crippen LogP contribution in [-0.4, -0.2) is 99.2 Å². The second-order valence-corrected chi connectivity index (χ2v) is 15.0. The minimum atomic E-state index is -0.985. The molecule has 0 saturated heterocycles. The first-order valence-corrected chi connectivity index (χ1v) is 17.3. The molecular weight excluding hydrogens is 676 g/mol. The van der Waals surface area contributed by atoms with Crippen LogP contribution in [0.25, 0.3) is 10.4 Å².